The molecule has 0 bridgehead atoms. The van der Waals surface area contributed by atoms with Gasteiger partial charge in [-0.05, 0) is 12.1 Å². The molecule has 0 radical (unpaired) electrons. The smallest absolute Gasteiger partial charge is 0.850 e. The van der Waals surface area contributed by atoms with Crippen LogP contribution in [0.2, 0.25) is 0 Å². The molecule has 10 rings (SSSR count). The second-order valence-corrected chi connectivity index (χ2v) is 45.1. The van der Waals surface area contributed by atoms with Gasteiger partial charge in [0.15, 0.2) is 0 Å². The van der Waals surface area contributed by atoms with E-state index in [0.29, 0.717) is 12.3 Å². The third kappa shape index (κ3) is 23.1. The van der Waals surface area contributed by atoms with Crippen molar-refractivity contribution in [1.29, 1.82) is 0 Å². The van der Waals surface area contributed by atoms with Crippen molar-refractivity contribution in [2.24, 2.45) is 20.0 Å². The van der Waals surface area contributed by atoms with Gasteiger partial charge in [0.1, 0.15) is 0 Å². The minimum atomic E-state index is -3.92. The van der Waals surface area contributed by atoms with Gasteiger partial charge in [-0.25, -0.2) is 0 Å². The maximum atomic E-state index is 10.1. The second kappa shape index (κ2) is 34.5. The van der Waals surface area contributed by atoms with Crippen molar-refractivity contribution >= 4 is 77.3 Å². The number of pyridine rings is 2. The van der Waals surface area contributed by atoms with Gasteiger partial charge in [-0.3, -0.25) is 4.98 Å². The van der Waals surface area contributed by atoms with Gasteiger partial charge in [-0.2, -0.15) is 0 Å². The van der Waals surface area contributed by atoms with Crippen LogP contribution in [0, 0.1) is 0 Å². The molecule has 100 heavy (non-hydrogen) atoms. The van der Waals surface area contributed by atoms with Crippen LogP contribution >= 0.6 is 8.58 Å². The predicted octanol–water partition coefficient (Wildman–Crippen LogP) is 16.8. The van der Waals surface area contributed by atoms with E-state index < -0.39 is 43.9 Å². The number of aromatic nitrogens is 2. The predicted molar refractivity (Wildman–Crippen MR) is 415 cm³/mol. The van der Waals surface area contributed by atoms with Crippen molar-refractivity contribution < 1.29 is 70.8 Å². The summed E-state index contributed by atoms with van der Waals surface area (Å²) in [6.45, 7) is 54.2. The van der Waals surface area contributed by atoms with E-state index in [1.165, 1.54) is 35.1 Å². The quantitative estimate of drug-likeness (QED) is 0.159. The Balaban J connectivity index is 0.000000252. The molecule has 532 valence electrons. The maximum absolute atomic E-state index is 10.1. The molecule has 12 nitrogen and oxygen atoms in total. The number of rotatable bonds is 4. The molecule has 2 aliphatic carbocycles. The molecule has 0 N–H and O–H groups in total. The Kier molecular flexibility index (Phi) is 28.9. The van der Waals surface area contributed by atoms with E-state index in [9.17, 15) is 5.11 Å². The first-order valence-corrected chi connectivity index (χ1v) is 47.1. The molecule has 4 aliphatic rings. The molecule has 0 amide bonds. The molecular weight excluding hydrogens is 1490 g/mol. The van der Waals surface area contributed by atoms with Crippen LogP contribution in [0.1, 0.15) is 296 Å². The van der Waals surface area contributed by atoms with Crippen molar-refractivity contribution in [2.45, 2.75) is 298 Å². The summed E-state index contributed by atoms with van der Waals surface area (Å²) in [5, 5.41) is 10.1. The van der Waals surface area contributed by atoms with E-state index in [4.69, 9.17) is 42.8 Å². The van der Waals surface area contributed by atoms with Crippen LogP contribution in [0.15, 0.2) is 117 Å². The standard InChI is InChI=1S/2C36H54N2O2.2C6H6NO.ClH.2In.K/c2*1-33(2,3)25-17-23(31(39)27(19-25)35(7,8)9)21-37-29-15-13-14-16-30(29)38-22-24-18-26(34(4,5)6)20-28(32(24)40)36(10,11)12;2*8-5-6-3-1-2-4-7-6;;;;/h2*17-22,29-30,39-40H,13-16H2,1-12H3;2*1-4H,5H2;1H;;;/q;;2*-1;;2*+3;+1/p-5/t2*29-,30-;;;;;;/m10....../s1. The molecule has 0 unspecified atom stereocenters. The fraction of sp³-hybridized carbons (Fsp3) is 0.548. The summed E-state index contributed by atoms with van der Waals surface area (Å²) in [7, 11) is 7.21. The summed E-state index contributed by atoms with van der Waals surface area (Å²) in [5.74, 6) is 3.30. The Hall–Kier alpha value is -3.35. The number of aliphatic imine (C=N–C) groups is 4. The summed E-state index contributed by atoms with van der Waals surface area (Å²) in [5.41, 5.74) is 14.2. The van der Waals surface area contributed by atoms with Gasteiger partial charge in [-0.1, -0.05) is 12.7 Å². The number of hydrogen-bond donors (Lipinski definition) is 0. The van der Waals surface area contributed by atoms with Gasteiger partial charge >= 0.3 is 628 Å². The molecule has 2 saturated carbocycles. The normalized spacial score (nSPS) is 18.5. The van der Waals surface area contributed by atoms with E-state index in [1.807, 2.05) is 30.6 Å². The molecule has 0 spiro atoms. The van der Waals surface area contributed by atoms with Crippen LogP contribution in [-0.4, -0.2) is 103 Å². The average molecular weight is 1610 g/mol. The summed E-state index contributed by atoms with van der Waals surface area (Å²) in [4.78, 5) is 29.4. The summed E-state index contributed by atoms with van der Waals surface area (Å²) >= 11 is -7.53. The van der Waals surface area contributed by atoms with E-state index >= 15 is 0 Å². The van der Waals surface area contributed by atoms with Crippen LogP contribution in [-0.2, 0) is 59.4 Å². The SMILES string of the molecule is CC(C)(C)c1cc2c(c(C(C)(C)C)c1)[O][In]([Cl])[O]c1c(cc(C(C)(C)C)cc1C(C)(C)C)C=N[C@@H]1CCCC[C@H]1N=C2.CC(C)(C)c1cc2c(c(C(C)(C)C)c1)[O][In]([O]Cc1ccccn1)[O]c1c(cc(C(C)(C)C)cc1C(C)(C)C)C=N[C@H]1CCCC[C@@H]1N=C2.[K+].[O-]Cc1ccccn1. The van der Waals surface area contributed by atoms with Crippen LogP contribution < -0.4 is 67.9 Å². The molecule has 2 aliphatic heterocycles. The number of hydrogen-bond acceptors (Lipinski definition) is 12. The largest absolute Gasteiger partial charge is 1.00 e. The van der Waals surface area contributed by atoms with E-state index in [1.54, 1.807) is 30.6 Å². The van der Waals surface area contributed by atoms with E-state index in [-0.39, 0.29) is 125 Å². The average Bonchev–Trinajstić information content (AvgIpc) is 1.05. The van der Waals surface area contributed by atoms with Gasteiger partial charge in [-0.15, -0.1) is 0 Å². The molecule has 2 aromatic heterocycles. The van der Waals surface area contributed by atoms with Crippen LogP contribution in [0.3, 0.4) is 0 Å². The first-order chi connectivity index (χ1) is 46.0. The van der Waals surface area contributed by atoms with Gasteiger partial charge in [0.2, 0.25) is 0 Å². The first-order valence-electron chi connectivity index (χ1n) is 36.2. The zero-order chi connectivity index (χ0) is 72.8. The summed E-state index contributed by atoms with van der Waals surface area (Å²) in [6, 6.07) is 29.9. The van der Waals surface area contributed by atoms with Crippen LogP contribution in [0.4, 0.5) is 0 Å². The Morgan fingerprint density at radius 1 is 0.390 bits per heavy atom. The number of benzene rings is 4. The van der Waals surface area contributed by atoms with Gasteiger partial charge < -0.3 is 5.11 Å². The third-order valence-corrected chi connectivity index (χ3v) is 26.3. The Morgan fingerprint density at radius 3 is 0.890 bits per heavy atom. The van der Waals surface area contributed by atoms with Crippen LogP contribution in [0.5, 0.6) is 23.0 Å². The number of nitrogens with zero attached hydrogens (tertiary/aromatic N) is 6. The molecule has 2 fully saturated rings. The summed E-state index contributed by atoms with van der Waals surface area (Å²) in [6.07, 6.45) is 20.4. The minimum absolute atomic E-state index is 0. The van der Waals surface area contributed by atoms with Gasteiger partial charge in [0, 0.05) is 11.9 Å². The fourth-order valence-electron chi connectivity index (χ4n) is 12.7. The van der Waals surface area contributed by atoms with Gasteiger partial charge in [0.25, 0.3) is 0 Å². The van der Waals surface area contributed by atoms with Crippen LogP contribution in [0.25, 0.3) is 0 Å². The topological polar surface area (TPSA) is 144 Å². The third-order valence-electron chi connectivity index (χ3n) is 19.0. The molecule has 16 heteroatoms. The molecular formula is C84H116ClIn2KN6O6. The first kappa shape index (κ1) is 83.9. The zero-order valence-electron chi connectivity index (χ0n) is 65.6. The van der Waals surface area contributed by atoms with E-state index in [2.05, 4.69) is 237 Å². The minimum Gasteiger partial charge on any atom is -0.850 e. The molecule has 0 saturated heterocycles. The molecule has 6 aromatic rings. The second-order valence-electron chi connectivity index (χ2n) is 35.9. The van der Waals surface area contributed by atoms with E-state index in [0.717, 1.165) is 112 Å². The molecule has 4 heterocycles. The van der Waals surface area contributed by atoms with Crippen molar-refractivity contribution in [1.82, 2.24) is 9.97 Å². The van der Waals surface area contributed by atoms with Crippen molar-refractivity contribution in [2.75, 3.05) is 0 Å². The maximum Gasteiger partial charge on any atom is 1.00 e. The monoisotopic (exact) mass is 1610 g/mol. The van der Waals surface area contributed by atoms with Crippen molar-refractivity contribution in [3.8, 4) is 23.0 Å². The molecule has 4 atom stereocenters. The Labute approximate surface area is 667 Å². The number of halogens is 1. The van der Waals surface area contributed by atoms with Gasteiger partial charge in [0.05, 0.1) is 0 Å². The van der Waals surface area contributed by atoms with Crippen molar-refractivity contribution in [3.63, 3.8) is 0 Å². The Morgan fingerprint density at radius 2 is 0.660 bits per heavy atom. The Bertz CT molecular complexity index is 3630. The molecule has 4 aromatic carbocycles. The zero-order valence-corrected chi connectivity index (χ0v) is 76.1. The number of fused-ring (bicyclic) bond motifs is 6. The summed E-state index contributed by atoms with van der Waals surface area (Å²) < 4.78 is 34.8. The fourth-order valence-corrected chi connectivity index (χ4v) is 20.6. The van der Waals surface area contributed by atoms with Crippen molar-refractivity contribution in [3.05, 3.63) is 175 Å².